The van der Waals surface area contributed by atoms with Crippen LogP contribution in [0.15, 0.2) is 53.0 Å². The molecular weight excluding hydrogens is 488 g/mol. The number of piperidine rings is 1. The van der Waals surface area contributed by atoms with E-state index in [4.69, 9.17) is 9.47 Å². The van der Waals surface area contributed by atoms with Gasteiger partial charge in [-0.25, -0.2) is 4.79 Å². The molecule has 8 heteroatoms. The number of amides is 2. The molecule has 0 radical (unpaired) electrons. The number of halogens is 1. The quantitative estimate of drug-likeness (QED) is 0.409. The molecule has 1 heterocycles. The third-order valence-corrected chi connectivity index (χ3v) is 6.11. The summed E-state index contributed by atoms with van der Waals surface area (Å²) in [5.74, 6) is 0.671. The first-order valence-electron chi connectivity index (χ1n) is 11.2. The molecule has 0 aliphatic carbocycles. The SMILES string of the molecule is CCOC(=O)Oc1ccc(C(=O)NCC2CCN(C(=O)CCc3cccc(Br)c3)CC2)cc1. The fraction of sp³-hybridized carbons (Fsp3) is 0.400. The van der Waals surface area contributed by atoms with E-state index >= 15 is 0 Å². The molecule has 0 atom stereocenters. The highest BCUT2D eigenvalue weighted by atomic mass is 79.9. The zero-order valence-corrected chi connectivity index (χ0v) is 20.3. The lowest BCUT2D eigenvalue weighted by Gasteiger charge is -2.32. The van der Waals surface area contributed by atoms with Gasteiger partial charge in [-0.15, -0.1) is 0 Å². The van der Waals surface area contributed by atoms with Crippen LogP contribution in [0.1, 0.15) is 42.1 Å². The molecule has 2 aromatic carbocycles. The second-order valence-electron chi connectivity index (χ2n) is 7.97. The summed E-state index contributed by atoms with van der Waals surface area (Å²) in [6.07, 6.45) is 2.21. The van der Waals surface area contributed by atoms with E-state index in [0.717, 1.165) is 42.4 Å². The molecular formula is C25H29BrN2O5. The van der Waals surface area contributed by atoms with E-state index in [2.05, 4.69) is 21.2 Å². The largest absolute Gasteiger partial charge is 0.513 e. The Morgan fingerprint density at radius 3 is 2.48 bits per heavy atom. The van der Waals surface area contributed by atoms with Gasteiger partial charge in [0.1, 0.15) is 5.75 Å². The predicted molar refractivity (Wildman–Crippen MR) is 128 cm³/mol. The molecule has 1 aliphatic rings. The first-order chi connectivity index (χ1) is 15.9. The van der Waals surface area contributed by atoms with Crippen molar-refractivity contribution in [1.82, 2.24) is 10.2 Å². The van der Waals surface area contributed by atoms with Crippen LogP contribution in [-0.2, 0) is 16.0 Å². The highest BCUT2D eigenvalue weighted by molar-refractivity contribution is 9.10. The van der Waals surface area contributed by atoms with E-state index in [0.29, 0.717) is 30.2 Å². The van der Waals surface area contributed by atoms with Crippen molar-refractivity contribution in [3.8, 4) is 5.75 Å². The summed E-state index contributed by atoms with van der Waals surface area (Å²) in [5, 5.41) is 2.97. The lowest BCUT2D eigenvalue weighted by molar-refractivity contribution is -0.132. The van der Waals surface area contributed by atoms with Gasteiger partial charge in [-0.3, -0.25) is 9.59 Å². The Labute approximate surface area is 202 Å². The fourth-order valence-electron chi connectivity index (χ4n) is 3.75. The van der Waals surface area contributed by atoms with Gasteiger partial charge in [0.15, 0.2) is 0 Å². The van der Waals surface area contributed by atoms with E-state index in [9.17, 15) is 14.4 Å². The molecule has 0 unspecified atom stereocenters. The molecule has 1 aliphatic heterocycles. The summed E-state index contributed by atoms with van der Waals surface area (Å²) in [4.78, 5) is 38.2. The number of nitrogens with one attached hydrogen (secondary N) is 1. The average molecular weight is 517 g/mol. The standard InChI is InChI=1S/C25H29BrN2O5/c1-2-32-25(31)33-22-9-7-20(8-10-22)24(30)27-17-19-12-14-28(15-13-19)23(29)11-6-18-4-3-5-21(26)16-18/h3-5,7-10,16,19H,2,6,11-15,17H2,1H3,(H,27,30). The van der Waals surface area contributed by atoms with E-state index in [1.807, 2.05) is 29.2 Å². The Morgan fingerprint density at radius 2 is 1.82 bits per heavy atom. The number of hydrogen-bond donors (Lipinski definition) is 1. The van der Waals surface area contributed by atoms with Crippen LogP contribution in [0.25, 0.3) is 0 Å². The van der Waals surface area contributed by atoms with Crippen molar-refractivity contribution in [1.29, 1.82) is 0 Å². The number of likely N-dealkylation sites (tertiary alicyclic amines) is 1. The summed E-state index contributed by atoms with van der Waals surface area (Å²) in [7, 11) is 0. The van der Waals surface area contributed by atoms with Crippen LogP contribution in [0.2, 0.25) is 0 Å². The molecule has 7 nitrogen and oxygen atoms in total. The van der Waals surface area contributed by atoms with E-state index in [1.54, 1.807) is 31.2 Å². The van der Waals surface area contributed by atoms with Crippen LogP contribution < -0.4 is 10.1 Å². The number of carbonyl (C=O) groups excluding carboxylic acids is 3. The van der Waals surface area contributed by atoms with Gasteiger partial charge in [0.2, 0.25) is 5.91 Å². The number of aryl methyl sites for hydroxylation is 1. The Morgan fingerprint density at radius 1 is 1.09 bits per heavy atom. The maximum Gasteiger partial charge on any atom is 0.513 e. The molecule has 2 aromatic rings. The minimum absolute atomic E-state index is 0.176. The van der Waals surface area contributed by atoms with Crippen molar-refractivity contribution in [2.45, 2.75) is 32.6 Å². The van der Waals surface area contributed by atoms with Gasteiger partial charge in [0, 0.05) is 36.1 Å². The van der Waals surface area contributed by atoms with Crippen molar-refractivity contribution in [2.24, 2.45) is 5.92 Å². The van der Waals surface area contributed by atoms with Gasteiger partial charge in [-0.2, -0.15) is 0 Å². The van der Waals surface area contributed by atoms with E-state index in [1.165, 1.54) is 0 Å². The fourth-order valence-corrected chi connectivity index (χ4v) is 4.19. The lowest BCUT2D eigenvalue weighted by atomic mass is 9.96. The van der Waals surface area contributed by atoms with Crippen molar-refractivity contribution < 1.29 is 23.9 Å². The molecule has 0 bridgehead atoms. The monoisotopic (exact) mass is 516 g/mol. The molecule has 1 N–H and O–H groups in total. The van der Waals surface area contributed by atoms with Crippen LogP contribution in [0.3, 0.4) is 0 Å². The molecule has 0 spiro atoms. The Kier molecular flexibility index (Phi) is 9.30. The van der Waals surface area contributed by atoms with Gasteiger partial charge >= 0.3 is 6.16 Å². The molecule has 0 saturated carbocycles. The van der Waals surface area contributed by atoms with Crippen LogP contribution in [0.5, 0.6) is 5.75 Å². The summed E-state index contributed by atoms with van der Waals surface area (Å²) in [6.45, 7) is 3.94. The van der Waals surface area contributed by atoms with E-state index in [-0.39, 0.29) is 18.4 Å². The second-order valence-corrected chi connectivity index (χ2v) is 8.89. The van der Waals surface area contributed by atoms with Crippen LogP contribution >= 0.6 is 15.9 Å². The number of hydrogen-bond acceptors (Lipinski definition) is 5. The normalized spacial score (nSPS) is 13.9. The minimum Gasteiger partial charge on any atom is -0.434 e. The first kappa shape index (κ1) is 24.8. The van der Waals surface area contributed by atoms with Crippen molar-refractivity contribution in [2.75, 3.05) is 26.2 Å². The zero-order valence-electron chi connectivity index (χ0n) is 18.7. The van der Waals surface area contributed by atoms with Gasteiger partial charge in [-0.05, 0) is 74.1 Å². The van der Waals surface area contributed by atoms with Gasteiger partial charge in [-0.1, -0.05) is 28.1 Å². The van der Waals surface area contributed by atoms with Gasteiger partial charge < -0.3 is 19.7 Å². The highest BCUT2D eigenvalue weighted by Crippen LogP contribution is 2.19. The molecule has 1 fully saturated rings. The predicted octanol–water partition coefficient (Wildman–Crippen LogP) is 4.59. The Hall–Kier alpha value is -2.87. The number of nitrogens with zero attached hydrogens (tertiary/aromatic N) is 1. The Balaban J connectivity index is 1.37. The molecule has 176 valence electrons. The van der Waals surface area contributed by atoms with Gasteiger partial charge in [0.05, 0.1) is 6.61 Å². The Bertz CT molecular complexity index is 956. The maximum atomic E-state index is 12.6. The van der Waals surface area contributed by atoms with Crippen molar-refractivity contribution in [3.05, 3.63) is 64.1 Å². The van der Waals surface area contributed by atoms with Crippen molar-refractivity contribution >= 4 is 33.9 Å². The second kappa shape index (κ2) is 12.4. The topological polar surface area (TPSA) is 84.9 Å². The smallest absolute Gasteiger partial charge is 0.434 e. The molecule has 33 heavy (non-hydrogen) atoms. The minimum atomic E-state index is -0.771. The number of rotatable bonds is 8. The van der Waals surface area contributed by atoms with Gasteiger partial charge in [0.25, 0.3) is 5.91 Å². The molecule has 1 saturated heterocycles. The first-order valence-corrected chi connectivity index (χ1v) is 12.0. The number of benzene rings is 2. The van der Waals surface area contributed by atoms with Crippen LogP contribution in [-0.4, -0.2) is 49.1 Å². The lowest BCUT2D eigenvalue weighted by Crippen LogP contribution is -2.41. The zero-order chi connectivity index (χ0) is 23.6. The third kappa shape index (κ3) is 7.89. The maximum absolute atomic E-state index is 12.6. The molecule has 2 amide bonds. The number of carbonyl (C=O) groups is 3. The van der Waals surface area contributed by atoms with E-state index < -0.39 is 6.16 Å². The summed E-state index contributed by atoms with van der Waals surface area (Å²) in [5.41, 5.74) is 1.64. The average Bonchev–Trinajstić information content (AvgIpc) is 2.82. The summed E-state index contributed by atoms with van der Waals surface area (Å²) < 4.78 is 10.7. The third-order valence-electron chi connectivity index (χ3n) is 5.61. The highest BCUT2D eigenvalue weighted by Gasteiger charge is 2.23. The number of ether oxygens (including phenoxy) is 2. The molecule has 0 aromatic heterocycles. The van der Waals surface area contributed by atoms with Crippen molar-refractivity contribution in [3.63, 3.8) is 0 Å². The summed E-state index contributed by atoms with van der Waals surface area (Å²) >= 11 is 3.46. The summed E-state index contributed by atoms with van der Waals surface area (Å²) in [6, 6.07) is 14.4. The van der Waals surface area contributed by atoms with Crippen LogP contribution in [0, 0.1) is 5.92 Å². The molecule has 3 rings (SSSR count). The van der Waals surface area contributed by atoms with Crippen LogP contribution in [0.4, 0.5) is 4.79 Å².